The Kier molecular flexibility index (Phi) is 4.18. The van der Waals surface area contributed by atoms with E-state index in [4.69, 9.17) is 5.73 Å². The molecule has 0 radical (unpaired) electrons. The minimum atomic E-state index is -0.528. The molecule has 0 fully saturated rings. The number of benzene rings is 1. The molecule has 0 saturated heterocycles. The summed E-state index contributed by atoms with van der Waals surface area (Å²) in [6.45, 7) is 3.97. The van der Waals surface area contributed by atoms with Crippen molar-refractivity contribution in [3.63, 3.8) is 0 Å². The minimum Gasteiger partial charge on any atom is -0.364 e. The molecule has 2 amide bonds. The highest BCUT2D eigenvalue weighted by molar-refractivity contribution is 7.14. The molecule has 3 rings (SSSR count). The fourth-order valence-electron chi connectivity index (χ4n) is 2.20. The third-order valence-electron chi connectivity index (χ3n) is 3.74. The zero-order valence-electron chi connectivity index (χ0n) is 13.2. The number of H-pyrrole nitrogens is 1. The molecule has 4 N–H and O–H groups in total. The van der Waals surface area contributed by atoms with Crippen LogP contribution < -0.4 is 11.1 Å². The van der Waals surface area contributed by atoms with Gasteiger partial charge in [0.15, 0.2) is 5.13 Å². The zero-order chi connectivity index (χ0) is 17.3. The van der Waals surface area contributed by atoms with Gasteiger partial charge in [0.25, 0.3) is 11.8 Å². The fourth-order valence-corrected chi connectivity index (χ4v) is 2.91. The highest BCUT2D eigenvalue weighted by atomic mass is 32.1. The van der Waals surface area contributed by atoms with E-state index < -0.39 is 5.91 Å². The van der Waals surface area contributed by atoms with E-state index >= 15 is 0 Å². The maximum atomic E-state index is 12.3. The van der Waals surface area contributed by atoms with E-state index in [0.717, 1.165) is 16.7 Å². The van der Waals surface area contributed by atoms with Gasteiger partial charge in [-0.05, 0) is 43.2 Å². The van der Waals surface area contributed by atoms with Gasteiger partial charge in [0, 0.05) is 22.7 Å². The third kappa shape index (κ3) is 3.21. The summed E-state index contributed by atoms with van der Waals surface area (Å²) in [5.41, 5.74) is 9.74. The van der Waals surface area contributed by atoms with E-state index in [9.17, 15) is 9.59 Å². The Labute approximate surface area is 142 Å². The van der Waals surface area contributed by atoms with Gasteiger partial charge in [-0.2, -0.15) is 0 Å². The van der Waals surface area contributed by atoms with Crippen molar-refractivity contribution in [1.82, 2.24) is 9.97 Å². The smallest absolute Gasteiger partial charge is 0.265 e. The van der Waals surface area contributed by atoms with E-state index in [1.54, 1.807) is 18.3 Å². The lowest BCUT2D eigenvalue weighted by atomic mass is 10.1. The molecule has 24 heavy (non-hydrogen) atoms. The van der Waals surface area contributed by atoms with Gasteiger partial charge in [0.1, 0.15) is 5.69 Å². The van der Waals surface area contributed by atoms with Crippen molar-refractivity contribution in [2.45, 2.75) is 13.8 Å². The summed E-state index contributed by atoms with van der Waals surface area (Å²) in [5, 5.41) is 5.10. The Bertz CT molecular complexity index is 926. The Morgan fingerprint density at radius 2 is 2.00 bits per heavy atom. The number of rotatable bonds is 4. The number of hydrogen-bond donors (Lipinski definition) is 3. The summed E-state index contributed by atoms with van der Waals surface area (Å²) in [4.78, 5) is 30.6. The van der Waals surface area contributed by atoms with Gasteiger partial charge in [0.05, 0.1) is 5.69 Å². The van der Waals surface area contributed by atoms with Gasteiger partial charge < -0.3 is 10.7 Å². The monoisotopic (exact) mass is 340 g/mol. The molecule has 0 aliphatic heterocycles. The van der Waals surface area contributed by atoms with Gasteiger partial charge in [-0.1, -0.05) is 6.07 Å². The summed E-state index contributed by atoms with van der Waals surface area (Å²) in [6, 6.07) is 7.19. The maximum absolute atomic E-state index is 12.3. The van der Waals surface area contributed by atoms with Gasteiger partial charge >= 0.3 is 0 Å². The second-order valence-electron chi connectivity index (χ2n) is 5.46. The number of aromatic amines is 1. The van der Waals surface area contributed by atoms with Crippen LogP contribution in [0.15, 0.2) is 35.8 Å². The average Bonchev–Trinajstić information content (AvgIpc) is 3.18. The van der Waals surface area contributed by atoms with Crippen molar-refractivity contribution in [3.8, 4) is 11.3 Å². The number of hydrogen-bond acceptors (Lipinski definition) is 4. The molecule has 0 aliphatic rings. The van der Waals surface area contributed by atoms with Crippen LogP contribution in [-0.2, 0) is 0 Å². The largest absolute Gasteiger partial charge is 0.364 e. The van der Waals surface area contributed by atoms with E-state index in [2.05, 4.69) is 15.3 Å². The first-order valence-electron chi connectivity index (χ1n) is 7.27. The Morgan fingerprint density at radius 3 is 2.67 bits per heavy atom. The fraction of sp³-hybridized carbons (Fsp3) is 0.118. The molecule has 2 heterocycles. The number of carbonyl (C=O) groups excluding carboxylic acids is 2. The van der Waals surface area contributed by atoms with Crippen molar-refractivity contribution in [2.75, 3.05) is 5.32 Å². The number of amides is 2. The summed E-state index contributed by atoms with van der Waals surface area (Å²) < 4.78 is 0. The van der Waals surface area contributed by atoms with Crippen LogP contribution in [0, 0.1) is 13.8 Å². The highest BCUT2D eigenvalue weighted by Crippen LogP contribution is 2.26. The van der Waals surface area contributed by atoms with Crippen molar-refractivity contribution in [2.24, 2.45) is 5.73 Å². The van der Waals surface area contributed by atoms with Gasteiger partial charge in [-0.3, -0.25) is 14.9 Å². The molecule has 0 spiro atoms. The number of anilines is 1. The molecule has 0 atom stereocenters. The lowest BCUT2D eigenvalue weighted by Crippen LogP contribution is -2.12. The first-order chi connectivity index (χ1) is 11.4. The van der Waals surface area contributed by atoms with E-state index in [-0.39, 0.29) is 5.91 Å². The molecule has 0 unspecified atom stereocenters. The number of aromatic nitrogens is 2. The van der Waals surface area contributed by atoms with Crippen LogP contribution in [0.2, 0.25) is 0 Å². The Balaban J connectivity index is 1.76. The molecule has 0 saturated carbocycles. The quantitative estimate of drug-likeness (QED) is 0.680. The summed E-state index contributed by atoms with van der Waals surface area (Å²) in [7, 11) is 0. The lowest BCUT2D eigenvalue weighted by molar-refractivity contribution is 0.0994. The summed E-state index contributed by atoms with van der Waals surface area (Å²) in [5.74, 6) is -0.731. The summed E-state index contributed by atoms with van der Waals surface area (Å²) in [6.07, 6.45) is 1.66. The van der Waals surface area contributed by atoms with E-state index in [1.807, 2.05) is 31.4 Å². The van der Waals surface area contributed by atoms with Crippen LogP contribution in [0.1, 0.15) is 32.0 Å². The highest BCUT2D eigenvalue weighted by Gasteiger charge is 2.12. The minimum absolute atomic E-state index is 0.203. The van der Waals surface area contributed by atoms with Crippen LogP contribution in [0.3, 0.4) is 0 Å². The number of primary amides is 1. The molecule has 0 aliphatic carbocycles. The van der Waals surface area contributed by atoms with Gasteiger partial charge in [-0.15, -0.1) is 11.3 Å². The van der Waals surface area contributed by atoms with Gasteiger partial charge in [-0.25, -0.2) is 4.98 Å². The Hall–Kier alpha value is -2.93. The standard InChI is InChI=1S/C17H16N4O2S/c1-9-3-4-11(5-10(9)2)16(23)21-17-20-14(8-24-17)12-6-13(15(18)22)19-7-12/h3-8,19H,1-2H3,(H2,18,22)(H,20,21,23). The van der Waals surface area contributed by atoms with Crippen LogP contribution in [0.5, 0.6) is 0 Å². The normalized spacial score (nSPS) is 10.6. The number of nitrogens with two attached hydrogens (primary N) is 1. The van der Waals surface area contributed by atoms with Crippen molar-refractivity contribution in [3.05, 3.63) is 58.2 Å². The first-order valence-corrected chi connectivity index (χ1v) is 8.15. The molecule has 3 aromatic rings. The Morgan fingerprint density at radius 1 is 1.21 bits per heavy atom. The molecular formula is C17H16N4O2S. The number of nitrogens with one attached hydrogen (secondary N) is 2. The number of nitrogens with zero attached hydrogens (tertiary/aromatic N) is 1. The van der Waals surface area contributed by atoms with Crippen molar-refractivity contribution in [1.29, 1.82) is 0 Å². The topological polar surface area (TPSA) is 101 Å². The van der Waals surface area contributed by atoms with E-state index in [1.165, 1.54) is 11.3 Å². The average molecular weight is 340 g/mol. The summed E-state index contributed by atoms with van der Waals surface area (Å²) >= 11 is 1.32. The maximum Gasteiger partial charge on any atom is 0.265 e. The predicted octanol–water partition coefficient (Wildman–Crippen LogP) is 3.11. The number of thiazole rings is 1. The SMILES string of the molecule is Cc1ccc(C(=O)Nc2nc(-c3c[nH]c(C(N)=O)c3)cs2)cc1C. The van der Waals surface area contributed by atoms with Crippen molar-refractivity contribution < 1.29 is 9.59 Å². The number of aryl methyl sites for hydroxylation is 2. The van der Waals surface area contributed by atoms with Gasteiger partial charge in [0.2, 0.25) is 0 Å². The number of carbonyl (C=O) groups is 2. The zero-order valence-corrected chi connectivity index (χ0v) is 14.0. The van der Waals surface area contributed by atoms with Crippen LogP contribution >= 0.6 is 11.3 Å². The molecule has 1 aromatic carbocycles. The van der Waals surface area contributed by atoms with Crippen LogP contribution in [0.4, 0.5) is 5.13 Å². The predicted molar refractivity (Wildman–Crippen MR) is 94.3 cm³/mol. The van der Waals surface area contributed by atoms with Crippen molar-refractivity contribution >= 4 is 28.3 Å². The van der Waals surface area contributed by atoms with Crippen LogP contribution in [0.25, 0.3) is 11.3 Å². The van der Waals surface area contributed by atoms with E-state index in [0.29, 0.717) is 22.1 Å². The molecule has 6 nitrogen and oxygen atoms in total. The molecule has 0 bridgehead atoms. The molecule has 122 valence electrons. The first kappa shape index (κ1) is 15.9. The third-order valence-corrected chi connectivity index (χ3v) is 4.50. The molecule has 7 heteroatoms. The molecule has 2 aromatic heterocycles. The second kappa shape index (κ2) is 6.29. The second-order valence-corrected chi connectivity index (χ2v) is 6.32. The van der Waals surface area contributed by atoms with Crippen LogP contribution in [-0.4, -0.2) is 21.8 Å². The molecular weight excluding hydrogens is 324 g/mol. The lowest BCUT2D eigenvalue weighted by Gasteiger charge is -2.04.